The van der Waals surface area contributed by atoms with Crippen molar-refractivity contribution < 1.29 is 0 Å². The summed E-state index contributed by atoms with van der Waals surface area (Å²) in [4.78, 5) is 1.10. The Bertz CT molecular complexity index is 342. The summed E-state index contributed by atoms with van der Waals surface area (Å²) < 4.78 is 1.65. The van der Waals surface area contributed by atoms with Crippen LogP contribution >= 0.6 is 38.9 Å². The molecule has 0 saturated heterocycles. The van der Waals surface area contributed by atoms with Crippen LogP contribution in [0.3, 0.4) is 0 Å². The van der Waals surface area contributed by atoms with E-state index in [1.165, 1.54) is 11.3 Å². The Morgan fingerprint density at radius 1 is 1.67 bits per heavy atom. The van der Waals surface area contributed by atoms with Gasteiger partial charge in [0.2, 0.25) is 0 Å². The molecule has 1 aromatic rings. The molecule has 0 aromatic carbocycles. The number of nitriles is 1. The second-order valence-corrected chi connectivity index (χ2v) is 5.43. The molecule has 62 valence electrons. The minimum Gasteiger partial charge on any atom is -0.197 e. The summed E-state index contributed by atoms with van der Waals surface area (Å²) in [7, 11) is 0. The number of hydrogen-bond donors (Lipinski definition) is 0. The molecule has 0 spiro atoms. The lowest BCUT2D eigenvalue weighted by atomic mass is 10.1. The van der Waals surface area contributed by atoms with Crippen LogP contribution in [0.5, 0.6) is 0 Å². The Hall–Kier alpha value is -0.0400. The first-order chi connectivity index (χ1) is 5.68. The average Bonchev–Trinajstić information content (AvgIpc) is 2.77. The average molecular weight is 263 g/mol. The fourth-order valence-corrected chi connectivity index (χ4v) is 3.02. The molecule has 0 unspecified atom stereocenters. The van der Waals surface area contributed by atoms with Crippen molar-refractivity contribution in [3.8, 4) is 6.07 Å². The highest BCUT2D eigenvalue weighted by Gasteiger charge is 2.46. The van der Waals surface area contributed by atoms with E-state index < -0.39 is 0 Å². The van der Waals surface area contributed by atoms with Crippen LogP contribution in [-0.2, 0) is 5.41 Å². The lowest BCUT2D eigenvalue weighted by molar-refractivity contribution is 0.936. The minimum absolute atomic E-state index is 0.194. The number of thiophene rings is 1. The third-order valence-corrected chi connectivity index (χ3v) is 4.76. The van der Waals surface area contributed by atoms with Crippen LogP contribution < -0.4 is 0 Å². The zero-order chi connectivity index (χ0) is 8.77. The van der Waals surface area contributed by atoms with Gasteiger partial charge in [-0.25, -0.2) is 0 Å². The Morgan fingerprint density at radius 2 is 2.33 bits per heavy atom. The predicted octanol–water partition coefficient (Wildman–Crippen LogP) is 3.72. The zero-order valence-electron chi connectivity index (χ0n) is 6.10. The first kappa shape index (κ1) is 8.55. The van der Waals surface area contributed by atoms with Crippen molar-refractivity contribution in [1.82, 2.24) is 0 Å². The normalized spacial score (nSPS) is 18.8. The highest BCUT2D eigenvalue weighted by molar-refractivity contribution is 9.10. The number of nitrogens with zero attached hydrogens (tertiary/aromatic N) is 1. The summed E-state index contributed by atoms with van der Waals surface area (Å²) in [5.41, 5.74) is -0.194. The Kier molecular flexibility index (Phi) is 1.95. The second-order valence-electron chi connectivity index (χ2n) is 2.93. The van der Waals surface area contributed by atoms with Gasteiger partial charge in [-0.15, -0.1) is 11.3 Å². The summed E-state index contributed by atoms with van der Waals surface area (Å²) in [6, 6.07) is 4.30. The fraction of sp³-hybridized carbons (Fsp3) is 0.375. The fourth-order valence-electron chi connectivity index (χ4n) is 1.12. The molecule has 1 fully saturated rings. The molecule has 0 bridgehead atoms. The van der Waals surface area contributed by atoms with Gasteiger partial charge < -0.3 is 0 Å². The van der Waals surface area contributed by atoms with E-state index in [4.69, 9.17) is 16.9 Å². The van der Waals surface area contributed by atoms with Crippen molar-refractivity contribution in [2.45, 2.75) is 18.3 Å². The van der Waals surface area contributed by atoms with E-state index in [2.05, 4.69) is 22.0 Å². The van der Waals surface area contributed by atoms with Gasteiger partial charge in [-0.05, 0) is 34.8 Å². The van der Waals surface area contributed by atoms with Crippen molar-refractivity contribution in [3.05, 3.63) is 19.8 Å². The summed E-state index contributed by atoms with van der Waals surface area (Å²) >= 11 is 10.7. The molecule has 1 saturated carbocycles. The van der Waals surface area contributed by atoms with Gasteiger partial charge in [0.25, 0.3) is 0 Å². The van der Waals surface area contributed by atoms with Crippen LogP contribution in [0, 0.1) is 11.3 Å². The molecule has 0 aliphatic heterocycles. The predicted molar refractivity (Wildman–Crippen MR) is 53.6 cm³/mol. The molecule has 0 atom stereocenters. The molecule has 0 amide bonds. The maximum atomic E-state index is 8.91. The molecule has 1 heterocycles. The van der Waals surface area contributed by atoms with Crippen molar-refractivity contribution in [2.75, 3.05) is 0 Å². The molecule has 0 N–H and O–H groups in total. The Balaban J connectivity index is 2.43. The van der Waals surface area contributed by atoms with E-state index in [1.54, 1.807) is 0 Å². The highest BCUT2D eigenvalue weighted by Crippen LogP contribution is 2.52. The molecule has 1 aliphatic carbocycles. The molecule has 1 aromatic heterocycles. The molecule has 0 radical (unpaired) electrons. The highest BCUT2D eigenvalue weighted by atomic mass is 79.9. The van der Waals surface area contributed by atoms with E-state index in [0.29, 0.717) is 0 Å². The van der Waals surface area contributed by atoms with Gasteiger partial charge in [0, 0.05) is 9.35 Å². The van der Waals surface area contributed by atoms with E-state index in [-0.39, 0.29) is 5.41 Å². The first-order valence-electron chi connectivity index (χ1n) is 3.54. The maximum absolute atomic E-state index is 8.91. The lowest BCUT2D eigenvalue weighted by Crippen LogP contribution is -1.97. The topological polar surface area (TPSA) is 23.8 Å². The minimum atomic E-state index is -0.194. The van der Waals surface area contributed by atoms with E-state index in [0.717, 1.165) is 26.5 Å². The van der Waals surface area contributed by atoms with Gasteiger partial charge in [0.15, 0.2) is 0 Å². The standard InChI is InChI=1S/C8H5BrClNS/c9-5-3-6(12-7(5)10)8(4-11)1-2-8/h3H,1-2H2. The summed E-state index contributed by atoms with van der Waals surface area (Å²) in [5.74, 6) is 0. The SMILES string of the molecule is N#CC1(c2cc(Br)c(Cl)s2)CC1. The summed E-state index contributed by atoms with van der Waals surface area (Å²) in [6.07, 6.45) is 1.96. The molecular weight excluding hydrogens is 258 g/mol. The smallest absolute Gasteiger partial charge is 0.107 e. The molecule has 2 rings (SSSR count). The summed E-state index contributed by atoms with van der Waals surface area (Å²) in [5, 5.41) is 8.91. The van der Waals surface area contributed by atoms with Crippen LogP contribution in [0.15, 0.2) is 10.5 Å². The van der Waals surface area contributed by atoms with Gasteiger partial charge >= 0.3 is 0 Å². The number of hydrogen-bond acceptors (Lipinski definition) is 2. The quantitative estimate of drug-likeness (QED) is 0.757. The van der Waals surface area contributed by atoms with Crippen molar-refractivity contribution in [3.63, 3.8) is 0 Å². The molecule has 1 nitrogen and oxygen atoms in total. The first-order valence-corrected chi connectivity index (χ1v) is 5.53. The van der Waals surface area contributed by atoms with Gasteiger partial charge in [-0.2, -0.15) is 5.26 Å². The molecular formula is C8H5BrClNS. The number of rotatable bonds is 1. The van der Waals surface area contributed by atoms with Crippen molar-refractivity contribution in [1.29, 1.82) is 5.26 Å². The van der Waals surface area contributed by atoms with Gasteiger partial charge in [-0.3, -0.25) is 0 Å². The molecule has 12 heavy (non-hydrogen) atoms. The van der Waals surface area contributed by atoms with Crippen LogP contribution in [-0.4, -0.2) is 0 Å². The van der Waals surface area contributed by atoms with Crippen LogP contribution in [0.25, 0.3) is 0 Å². The monoisotopic (exact) mass is 261 g/mol. The van der Waals surface area contributed by atoms with Crippen LogP contribution in [0.4, 0.5) is 0 Å². The Labute approximate surface area is 88.1 Å². The van der Waals surface area contributed by atoms with Crippen LogP contribution in [0.2, 0.25) is 4.34 Å². The van der Waals surface area contributed by atoms with E-state index in [9.17, 15) is 0 Å². The van der Waals surface area contributed by atoms with Gasteiger partial charge in [-0.1, -0.05) is 11.6 Å². The lowest BCUT2D eigenvalue weighted by Gasteiger charge is -1.97. The summed E-state index contributed by atoms with van der Waals surface area (Å²) in [6.45, 7) is 0. The van der Waals surface area contributed by atoms with Gasteiger partial charge in [0.1, 0.15) is 4.34 Å². The van der Waals surface area contributed by atoms with Crippen molar-refractivity contribution in [2.24, 2.45) is 0 Å². The van der Waals surface area contributed by atoms with E-state index >= 15 is 0 Å². The van der Waals surface area contributed by atoms with Crippen LogP contribution in [0.1, 0.15) is 17.7 Å². The molecule has 4 heteroatoms. The zero-order valence-corrected chi connectivity index (χ0v) is 9.26. The molecule has 1 aliphatic rings. The maximum Gasteiger partial charge on any atom is 0.107 e. The Morgan fingerprint density at radius 3 is 2.67 bits per heavy atom. The third kappa shape index (κ3) is 1.19. The third-order valence-electron chi connectivity index (χ3n) is 2.08. The number of halogens is 2. The largest absolute Gasteiger partial charge is 0.197 e. The van der Waals surface area contributed by atoms with Gasteiger partial charge in [0.05, 0.1) is 11.5 Å². The van der Waals surface area contributed by atoms with E-state index in [1.807, 2.05) is 6.07 Å². The van der Waals surface area contributed by atoms with Crippen molar-refractivity contribution >= 4 is 38.9 Å². The second kappa shape index (κ2) is 2.73.